The van der Waals surface area contributed by atoms with E-state index in [0.29, 0.717) is 0 Å². The lowest BCUT2D eigenvalue weighted by Gasteiger charge is -2.09. The standard InChI is InChI=1S/C13H19/c1-5-6-7-13-9-10(2)8-11(3)12(13)4/h8-9H,1,5-7H2,2-4H3. The van der Waals surface area contributed by atoms with E-state index in [2.05, 4.69) is 39.8 Å². The summed E-state index contributed by atoms with van der Waals surface area (Å²) in [6.07, 6.45) is 3.41. The predicted molar refractivity (Wildman–Crippen MR) is 58.9 cm³/mol. The Hall–Kier alpha value is -0.780. The first-order valence-corrected chi connectivity index (χ1v) is 5.01. The number of hydrogen-bond acceptors (Lipinski definition) is 0. The van der Waals surface area contributed by atoms with Gasteiger partial charge in [0.05, 0.1) is 0 Å². The molecule has 0 amide bonds. The van der Waals surface area contributed by atoms with Crippen molar-refractivity contribution in [2.45, 2.75) is 40.0 Å². The lowest BCUT2D eigenvalue weighted by molar-refractivity contribution is 0.833. The van der Waals surface area contributed by atoms with Crippen LogP contribution in [0.1, 0.15) is 35.1 Å². The highest BCUT2D eigenvalue weighted by atomic mass is 14.1. The van der Waals surface area contributed by atoms with E-state index in [-0.39, 0.29) is 0 Å². The fourth-order valence-corrected chi connectivity index (χ4v) is 1.70. The Morgan fingerprint density at radius 1 is 1.15 bits per heavy atom. The average molecular weight is 175 g/mol. The zero-order chi connectivity index (χ0) is 9.84. The maximum absolute atomic E-state index is 3.88. The van der Waals surface area contributed by atoms with Gasteiger partial charge in [0.15, 0.2) is 0 Å². The molecule has 0 fully saturated rings. The Morgan fingerprint density at radius 3 is 2.46 bits per heavy atom. The van der Waals surface area contributed by atoms with Gasteiger partial charge >= 0.3 is 0 Å². The van der Waals surface area contributed by atoms with Gasteiger partial charge in [-0.2, -0.15) is 0 Å². The van der Waals surface area contributed by atoms with Crippen LogP contribution in [0, 0.1) is 27.7 Å². The second-order valence-electron chi connectivity index (χ2n) is 3.82. The number of aryl methyl sites for hydroxylation is 3. The summed E-state index contributed by atoms with van der Waals surface area (Å²) < 4.78 is 0. The van der Waals surface area contributed by atoms with Crippen molar-refractivity contribution in [2.24, 2.45) is 0 Å². The van der Waals surface area contributed by atoms with Crippen LogP contribution in [0.25, 0.3) is 0 Å². The SMILES string of the molecule is [CH2]CCCc1cc(C)cc(C)c1C. The second-order valence-corrected chi connectivity index (χ2v) is 3.82. The summed E-state index contributed by atoms with van der Waals surface area (Å²) in [6.45, 7) is 10.4. The van der Waals surface area contributed by atoms with Crippen molar-refractivity contribution in [3.05, 3.63) is 41.3 Å². The normalized spacial score (nSPS) is 10.5. The zero-order valence-electron chi connectivity index (χ0n) is 8.98. The Bertz CT molecular complexity index is 284. The monoisotopic (exact) mass is 175 g/mol. The van der Waals surface area contributed by atoms with E-state index in [0.717, 1.165) is 6.42 Å². The van der Waals surface area contributed by atoms with Crippen LogP contribution in [-0.2, 0) is 6.42 Å². The zero-order valence-corrected chi connectivity index (χ0v) is 8.98. The van der Waals surface area contributed by atoms with Gasteiger partial charge in [0, 0.05) is 0 Å². The molecule has 0 saturated carbocycles. The minimum absolute atomic E-state index is 1.03. The molecule has 13 heavy (non-hydrogen) atoms. The van der Waals surface area contributed by atoms with Crippen molar-refractivity contribution in [1.82, 2.24) is 0 Å². The Balaban J connectivity index is 2.92. The van der Waals surface area contributed by atoms with E-state index in [1.54, 1.807) is 0 Å². The van der Waals surface area contributed by atoms with Crippen LogP contribution >= 0.6 is 0 Å². The predicted octanol–water partition coefficient (Wildman–Crippen LogP) is 3.77. The van der Waals surface area contributed by atoms with Crippen LogP contribution < -0.4 is 0 Å². The van der Waals surface area contributed by atoms with Crippen LogP contribution in [0.2, 0.25) is 0 Å². The summed E-state index contributed by atoms with van der Waals surface area (Å²) in [7, 11) is 0. The minimum Gasteiger partial charge on any atom is -0.0561 e. The molecule has 71 valence electrons. The molecule has 1 radical (unpaired) electrons. The van der Waals surface area contributed by atoms with Crippen LogP contribution in [0.4, 0.5) is 0 Å². The molecule has 0 bridgehead atoms. The molecular weight excluding hydrogens is 156 g/mol. The largest absolute Gasteiger partial charge is 0.0561 e. The summed E-state index contributed by atoms with van der Waals surface area (Å²) in [5, 5.41) is 0. The van der Waals surface area contributed by atoms with E-state index in [4.69, 9.17) is 0 Å². The summed E-state index contributed by atoms with van der Waals surface area (Å²) in [4.78, 5) is 0. The molecule has 0 aliphatic heterocycles. The van der Waals surface area contributed by atoms with E-state index < -0.39 is 0 Å². The minimum atomic E-state index is 1.03. The molecule has 1 aromatic rings. The summed E-state index contributed by atoms with van der Waals surface area (Å²) in [5.41, 5.74) is 5.75. The van der Waals surface area contributed by atoms with E-state index in [1.807, 2.05) is 0 Å². The molecule has 0 nitrogen and oxygen atoms in total. The third-order valence-corrected chi connectivity index (χ3v) is 2.62. The highest BCUT2D eigenvalue weighted by Gasteiger charge is 2.01. The van der Waals surface area contributed by atoms with Gasteiger partial charge in [0.1, 0.15) is 0 Å². The van der Waals surface area contributed by atoms with Crippen molar-refractivity contribution < 1.29 is 0 Å². The smallest absolute Gasteiger partial charge is 0.0276 e. The van der Waals surface area contributed by atoms with Crippen molar-refractivity contribution in [2.75, 3.05) is 0 Å². The van der Waals surface area contributed by atoms with Gasteiger partial charge in [-0.1, -0.05) is 31.0 Å². The van der Waals surface area contributed by atoms with Crippen molar-refractivity contribution in [3.8, 4) is 0 Å². The number of hydrogen-bond donors (Lipinski definition) is 0. The fraction of sp³-hybridized carbons (Fsp3) is 0.462. The van der Waals surface area contributed by atoms with Crippen molar-refractivity contribution in [3.63, 3.8) is 0 Å². The maximum atomic E-state index is 3.88. The van der Waals surface area contributed by atoms with Gasteiger partial charge in [-0.05, 0) is 50.3 Å². The molecule has 1 aromatic carbocycles. The first kappa shape index (κ1) is 10.3. The van der Waals surface area contributed by atoms with Crippen LogP contribution in [0.5, 0.6) is 0 Å². The van der Waals surface area contributed by atoms with Crippen molar-refractivity contribution in [1.29, 1.82) is 0 Å². The molecule has 1 rings (SSSR count). The van der Waals surface area contributed by atoms with Crippen LogP contribution in [0.3, 0.4) is 0 Å². The summed E-state index contributed by atoms with van der Waals surface area (Å²) in [6, 6.07) is 4.56. The lowest BCUT2D eigenvalue weighted by atomic mass is 9.96. The van der Waals surface area contributed by atoms with E-state index in [1.165, 1.54) is 35.1 Å². The van der Waals surface area contributed by atoms with Crippen molar-refractivity contribution >= 4 is 0 Å². The highest BCUT2D eigenvalue weighted by Crippen LogP contribution is 2.17. The third-order valence-electron chi connectivity index (χ3n) is 2.62. The van der Waals surface area contributed by atoms with Crippen LogP contribution in [0.15, 0.2) is 12.1 Å². The average Bonchev–Trinajstić information content (AvgIpc) is 2.09. The lowest BCUT2D eigenvalue weighted by Crippen LogP contribution is -1.93. The maximum Gasteiger partial charge on any atom is -0.0276 e. The first-order chi connectivity index (χ1) is 6.15. The van der Waals surface area contributed by atoms with Gasteiger partial charge in [-0.15, -0.1) is 0 Å². The molecule has 0 aliphatic rings. The van der Waals surface area contributed by atoms with Gasteiger partial charge in [-0.25, -0.2) is 0 Å². The summed E-state index contributed by atoms with van der Waals surface area (Å²) >= 11 is 0. The van der Waals surface area contributed by atoms with E-state index in [9.17, 15) is 0 Å². The Morgan fingerprint density at radius 2 is 1.85 bits per heavy atom. The van der Waals surface area contributed by atoms with Gasteiger partial charge in [0.2, 0.25) is 0 Å². The van der Waals surface area contributed by atoms with Gasteiger partial charge < -0.3 is 0 Å². The Kier molecular flexibility index (Phi) is 3.53. The molecule has 0 aromatic heterocycles. The topological polar surface area (TPSA) is 0 Å². The molecule has 0 spiro atoms. The number of benzene rings is 1. The number of unbranched alkanes of at least 4 members (excludes halogenated alkanes) is 1. The molecule has 0 N–H and O–H groups in total. The molecule has 0 heterocycles. The summed E-state index contributed by atoms with van der Waals surface area (Å²) in [5.74, 6) is 0. The molecule has 0 unspecified atom stereocenters. The third kappa shape index (κ3) is 2.58. The van der Waals surface area contributed by atoms with Gasteiger partial charge in [0.25, 0.3) is 0 Å². The molecule has 0 heteroatoms. The molecule has 0 saturated heterocycles. The number of rotatable bonds is 3. The first-order valence-electron chi connectivity index (χ1n) is 5.01. The van der Waals surface area contributed by atoms with E-state index >= 15 is 0 Å². The molecular formula is C13H19. The van der Waals surface area contributed by atoms with Gasteiger partial charge in [-0.3, -0.25) is 0 Å². The molecule has 0 aliphatic carbocycles. The second kappa shape index (κ2) is 4.45. The molecule has 0 atom stereocenters. The Labute approximate surface area is 82.0 Å². The quantitative estimate of drug-likeness (QED) is 0.656. The van der Waals surface area contributed by atoms with Crippen LogP contribution in [-0.4, -0.2) is 0 Å². The highest BCUT2D eigenvalue weighted by molar-refractivity contribution is 5.37. The fourth-order valence-electron chi connectivity index (χ4n) is 1.70.